The number of aliphatic hydroxyl groups excluding tert-OH is 1. The lowest BCUT2D eigenvalue weighted by Crippen LogP contribution is -2.42. The second kappa shape index (κ2) is 7.24. The average Bonchev–Trinajstić information content (AvgIpc) is 2.92. The van der Waals surface area contributed by atoms with Gasteiger partial charge in [-0.15, -0.1) is 0 Å². The summed E-state index contributed by atoms with van der Waals surface area (Å²) in [6, 6.07) is 6.50. The van der Waals surface area contributed by atoms with Crippen molar-refractivity contribution in [2.75, 3.05) is 13.2 Å². The van der Waals surface area contributed by atoms with E-state index >= 15 is 0 Å². The molecule has 1 aliphatic heterocycles. The first-order valence-electron chi connectivity index (χ1n) is 7.11. The predicted molar refractivity (Wildman–Crippen MR) is 74.7 cm³/mol. The Labute approximate surface area is 118 Å². The topological polar surface area (TPSA) is 52.6 Å². The summed E-state index contributed by atoms with van der Waals surface area (Å²) in [7, 11) is 0. The summed E-state index contributed by atoms with van der Waals surface area (Å²) in [6.45, 7) is 1.09. The highest BCUT2D eigenvalue weighted by atomic mass is 19.1. The highest BCUT2D eigenvalue weighted by molar-refractivity contribution is 5.74. The van der Waals surface area contributed by atoms with Crippen LogP contribution in [-0.4, -0.2) is 35.2 Å². The molecule has 2 N–H and O–H groups in total. The van der Waals surface area contributed by atoms with Crippen molar-refractivity contribution in [3.05, 3.63) is 35.6 Å². The summed E-state index contributed by atoms with van der Waals surface area (Å²) in [5.74, 6) is -0.300. The number of nitrogens with zero attached hydrogens (tertiary/aromatic N) is 1. The van der Waals surface area contributed by atoms with E-state index in [1.54, 1.807) is 23.1 Å². The molecule has 0 spiro atoms. The Bertz CT molecular complexity index is 453. The van der Waals surface area contributed by atoms with Gasteiger partial charge in [0.25, 0.3) is 0 Å². The Morgan fingerprint density at radius 2 is 2.25 bits per heavy atom. The molecule has 0 saturated carbocycles. The van der Waals surface area contributed by atoms with Gasteiger partial charge in [-0.1, -0.05) is 18.2 Å². The molecule has 1 aromatic carbocycles. The van der Waals surface area contributed by atoms with E-state index in [1.807, 2.05) is 0 Å². The van der Waals surface area contributed by atoms with Crippen LogP contribution in [0.4, 0.5) is 9.18 Å². The molecule has 5 heteroatoms. The SMILES string of the molecule is O=C(NCc1ccccc1F)N1CCC[C@@H]1CCCO. The van der Waals surface area contributed by atoms with Gasteiger partial charge in [-0.2, -0.15) is 0 Å². The van der Waals surface area contributed by atoms with Crippen molar-refractivity contribution < 1.29 is 14.3 Å². The Hall–Kier alpha value is -1.62. The van der Waals surface area contributed by atoms with Gasteiger partial charge in [0.1, 0.15) is 5.82 Å². The minimum Gasteiger partial charge on any atom is -0.396 e. The van der Waals surface area contributed by atoms with Crippen LogP contribution in [0.2, 0.25) is 0 Å². The lowest BCUT2D eigenvalue weighted by Gasteiger charge is -2.25. The lowest BCUT2D eigenvalue weighted by atomic mass is 10.1. The second-order valence-corrected chi connectivity index (χ2v) is 5.11. The van der Waals surface area contributed by atoms with E-state index in [-0.39, 0.29) is 31.0 Å². The molecule has 0 unspecified atom stereocenters. The monoisotopic (exact) mass is 280 g/mol. The van der Waals surface area contributed by atoms with E-state index in [2.05, 4.69) is 5.32 Å². The number of carbonyl (C=O) groups is 1. The molecule has 1 aromatic rings. The zero-order valence-electron chi connectivity index (χ0n) is 11.5. The fourth-order valence-electron chi connectivity index (χ4n) is 2.64. The van der Waals surface area contributed by atoms with Crippen LogP contribution in [0.5, 0.6) is 0 Å². The number of hydrogen-bond donors (Lipinski definition) is 2. The van der Waals surface area contributed by atoms with E-state index in [9.17, 15) is 9.18 Å². The van der Waals surface area contributed by atoms with E-state index < -0.39 is 0 Å². The van der Waals surface area contributed by atoms with Gasteiger partial charge >= 0.3 is 6.03 Å². The second-order valence-electron chi connectivity index (χ2n) is 5.11. The number of nitrogens with one attached hydrogen (secondary N) is 1. The Balaban J connectivity index is 1.86. The van der Waals surface area contributed by atoms with Gasteiger partial charge in [-0.3, -0.25) is 0 Å². The molecule has 1 fully saturated rings. The van der Waals surface area contributed by atoms with Crippen molar-refractivity contribution >= 4 is 6.03 Å². The molecule has 0 aliphatic carbocycles. The van der Waals surface area contributed by atoms with Crippen LogP contribution < -0.4 is 5.32 Å². The van der Waals surface area contributed by atoms with Crippen LogP contribution in [0, 0.1) is 5.82 Å². The normalized spacial score (nSPS) is 18.3. The molecule has 1 atom stereocenters. The Morgan fingerprint density at radius 1 is 1.45 bits per heavy atom. The predicted octanol–water partition coefficient (Wildman–Crippen LogP) is 2.27. The fraction of sp³-hybridized carbons (Fsp3) is 0.533. The number of halogens is 1. The number of aliphatic hydroxyl groups is 1. The zero-order valence-corrected chi connectivity index (χ0v) is 11.5. The van der Waals surface area contributed by atoms with Gasteiger partial charge in [0.2, 0.25) is 0 Å². The molecule has 1 saturated heterocycles. The number of carbonyl (C=O) groups excluding carboxylic acids is 1. The van der Waals surface area contributed by atoms with Gasteiger partial charge < -0.3 is 15.3 Å². The van der Waals surface area contributed by atoms with Crippen LogP contribution in [0.3, 0.4) is 0 Å². The first kappa shape index (κ1) is 14.8. The fourth-order valence-corrected chi connectivity index (χ4v) is 2.64. The number of rotatable bonds is 5. The molecule has 1 aliphatic rings. The summed E-state index contributed by atoms with van der Waals surface area (Å²) >= 11 is 0. The molecule has 1 heterocycles. The highest BCUT2D eigenvalue weighted by Crippen LogP contribution is 2.21. The minimum absolute atomic E-state index is 0.145. The maximum Gasteiger partial charge on any atom is 0.317 e. The van der Waals surface area contributed by atoms with E-state index in [4.69, 9.17) is 5.11 Å². The van der Waals surface area contributed by atoms with Gasteiger partial charge in [-0.25, -0.2) is 9.18 Å². The molecule has 4 nitrogen and oxygen atoms in total. The molecule has 2 amide bonds. The van der Waals surface area contributed by atoms with E-state index in [1.165, 1.54) is 6.07 Å². The first-order chi connectivity index (χ1) is 9.72. The van der Waals surface area contributed by atoms with Crippen molar-refractivity contribution in [3.63, 3.8) is 0 Å². The van der Waals surface area contributed by atoms with Crippen LogP contribution in [0.15, 0.2) is 24.3 Å². The van der Waals surface area contributed by atoms with Gasteiger partial charge in [-0.05, 0) is 31.7 Å². The summed E-state index contributed by atoms with van der Waals surface area (Å²) in [6.07, 6.45) is 3.50. The van der Waals surface area contributed by atoms with Crippen molar-refractivity contribution in [3.8, 4) is 0 Å². The summed E-state index contributed by atoms with van der Waals surface area (Å²) in [5.41, 5.74) is 0.493. The zero-order chi connectivity index (χ0) is 14.4. The number of hydrogen-bond acceptors (Lipinski definition) is 2. The van der Waals surface area contributed by atoms with Crippen LogP contribution in [-0.2, 0) is 6.54 Å². The number of amides is 2. The quantitative estimate of drug-likeness (QED) is 0.869. The maximum atomic E-state index is 13.5. The molecule has 110 valence electrons. The van der Waals surface area contributed by atoms with Crippen LogP contribution in [0.25, 0.3) is 0 Å². The van der Waals surface area contributed by atoms with Crippen molar-refractivity contribution in [1.29, 1.82) is 0 Å². The highest BCUT2D eigenvalue weighted by Gasteiger charge is 2.27. The van der Waals surface area contributed by atoms with Crippen molar-refractivity contribution in [1.82, 2.24) is 10.2 Å². The van der Waals surface area contributed by atoms with E-state index in [0.29, 0.717) is 12.0 Å². The third kappa shape index (κ3) is 3.70. The molecular weight excluding hydrogens is 259 g/mol. The molecule has 0 aromatic heterocycles. The minimum atomic E-state index is -0.300. The number of benzene rings is 1. The molecule has 2 rings (SSSR count). The molecule has 0 radical (unpaired) electrons. The summed E-state index contributed by atoms with van der Waals surface area (Å²) in [5, 5.41) is 11.6. The standard InChI is InChI=1S/C15H21FN2O2/c16-14-8-2-1-5-12(14)11-17-15(20)18-9-3-6-13(18)7-4-10-19/h1-2,5,8,13,19H,3-4,6-7,9-11H2,(H,17,20)/t13-/m1/s1. The number of urea groups is 1. The summed E-state index contributed by atoms with van der Waals surface area (Å²) < 4.78 is 13.5. The number of likely N-dealkylation sites (tertiary alicyclic amines) is 1. The lowest BCUT2D eigenvalue weighted by molar-refractivity contribution is 0.184. The van der Waals surface area contributed by atoms with E-state index in [0.717, 1.165) is 25.8 Å². The first-order valence-corrected chi connectivity index (χ1v) is 7.11. The summed E-state index contributed by atoms with van der Waals surface area (Å²) in [4.78, 5) is 13.9. The third-order valence-corrected chi connectivity index (χ3v) is 3.72. The molecule has 0 bridgehead atoms. The smallest absolute Gasteiger partial charge is 0.317 e. The Kier molecular flexibility index (Phi) is 5.35. The van der Waals surface area contributed by atoms with Crippen molar-refractivity contribution in [2.24, 2.45) is 0 Å². The van der Waals surface area contributed by atoms with Crippen LogP contribution in [0.1, 0.15) is 31.2 Å². The van der Waals surface area contributed by atoms with Crippen molar-refractivity contribution in [2.45, 2.75) is 38.3 Å². The van der Waals surface area contributed by atoms with Gasteiger partial charge in [0.05, 0.1) is 0 Å². The van der Waals surface area contributed by atoms with Gasteiger partial charge in [0, 0.05) is 31.3 Å². The third-order valence-electron chi connectivity index (χ3n) is 3.72. The van der Waals surface area contributed by atoms with Gasteiger partial charge in [0.15, 0.2) is 0 Å². The largest absolute Gasteiger partial charge is 0.396 e. The van der Waals surface area contributed by atoms with Crippen LogP contribution >= 0.6 is 0 Å². The maximum absolute atomic E-state index is 13.5. The Morgan fingerprint density at radius 3 is 3.00 bits per heavy atom. The average molecular weight is 280 g/mol. The molecule has 20 heavy (non-hydrogen) atoms. The molecular formula is C15H21FN2O2.